The number of carbonyl (C=O) groups is 2. The summed E-state index contributed by atoms with van der Waals surface area (Å²) in [5, 5.41) is 8.95. The minimum absolute atomic E-state index is 0.0200. The Morgan fingerprint density at radius 3 is 2.57 bits per heavy atom. The first kappa shape index (κ1) is 17.4. The largest absolute Gasteiger partial charge is 0.384 e. The first-order valence-corrected chi connectivity index (χ1v) is 7.99. The van der Waals surface area contributed by atoms with Crippen LogP contribution < -0.4 is 16.0 Å². The van der Waals surface area contributed by atoms with E-state index in [1.807, 2.05) is 30.3 Å². The molecule has 126 valence electrons. The van der Waals surface area contributed by atoms with E-state index >= 15 is 0 Å². The number of amides is 2. The van der Waals surface area contributed by atoms with E-state index in [2.05, 4.69) is 16.0 Å². The van der Waals surface area contributed by atoms with Gasteiger partial charge in [0.25, 0.3) is 0 Å². The van der Waals surface area contributed by atoms with Gasteiger partial charge in [0, 0.05) is 25.8 Å². The number of ether oxygens (including phenoxy) is 1. The van der Waals surface area contributed by atoms with Crippen molar-refractivity contribution in [1.82, 2.24) is 10.6 Å². The highest BCUT2D eigenvalue weighted by Crippen LogP contribution is 2.29. The van der Waals surface area contributed by atoms with Crippen molar-refractivity contribution in [2.45, 2.75) is 19.3 Å². The summed E-state index contributed by atoms with van der Waals surface area (Å²) >= 11 is 0. The van der Waals surface area contributed by atoms with Crippen LogP contribution in [0.3, 0.4) is 0 Å². The molecule has 0 radical (unpaired) electrons. The highest BCUT2D eigenvalue weighted by Gasteiger charge is 2.39. The molecule has 1 saturated heterocycles. The molecule has 2 amide bonds. The maximum absolute atomic E-state index is 12.5. The van der Waals surface area contributed by atoms with Crippen LogP contribution in [0, 0.1) is 5.41 Å². The third-order valence-electron chi connectivity index (χ3n) is 4.16. The van der Waals surface area contributed by atoms with E-state index in [1.54, 1.807) is 7.11 Å². The first-order valence-electron chi connectivity index (χ1n) is 7.99. The third-order valence-corrected chi connectivity index (χ3v) is 4.16. The van der Waals surface area contributed by atoms with Crippen molar-refractivity contribution in [2.24, 2.45) is 5.41 Å². The monoisotopic (exact) mass is 319 g/mol. The number of hydrogen-bond acceptors (Lipinski definition) is 4. The van der Waals surface area contributed by atoms with Gasteiger partial charge in [0.05, 0.1) is 12.0 Å². The Hall–Kier alpha value is -1.92. The zero-order chi connectivity index (χ0) is 16.5. The number of para-hydroxylation sites is 1. The van der Waals surface area contributed by atoms with Gasteiger partial charge in [-0.2, -0.15) is 0 Å². The van der Waals surface area contributed by atoms with Crippen LogP contribution in [0.25, 0.3) is 0 Å². The number of anilines is 1. The summed E-state index contributed by atoms with van der Waals surface area (Å²) in [5.41, 5.74) is 0.286. The van der Waals surface area contributed by atoms with Gasteiger partial charge >= 0.3 is 0 Å². The summed E-state index contributed by atoms with van der Waals surface area (Å²) in [6.07, 6.45) is 1.76. The van der Waals surface area contributed by atoms with Crippen molar-refractivity contribution in [3.05, 3.63) is 30.3 Å². The Kier molecular flexibility index (Phi) is 6.55. The predicted octanol–water partition coefficient (Wildman–Crippen LogP) is 1.15. The fourth-order valence-corrected chi connectivity index (χ4v) is 2.84. The zero-order valence-electron chi connectivity index (χ0n) is 13.6. The Bertz CT molecular complexity index is 508. The predicted molar refractivity (Wildman–Crippen MR) is 89.1 cm³/mol. The maximum atomic E-state index is 12.5. The summed E-state index contributed by atoms with van der Waals surface area (Å²) < 4.78 is 5.24. The maximum Gasteiger partial charge on any atom is 0.228 e. The van der Waals surface area contributed by atoms with Crippen LogP contribution in [-0.4, -0.2) is 45.2 Å². The number of rotatable bonds is 7. The standard InChI is InChI=1S/C17H25N3O3/c1-23-13-17(8-11-18-12-9-17)16(22)19-10-7-15(21)20-14-5-3-2-4-6-14/h2-6,18H,7-13H2,1H3,(H,19,22)(H,20,21). The van der Waals surface area contributed by atoms with Crippen LogP contribution in [0.1, 0.15) is 19.3 Å². The molecular weight excluding hydrogens is 294 g/mol. The molecule has 0 aliphatic carbocycles. The van der Waals surface area contributed by atoms with E-state index in [1.165, 1.54) is 0 Å². The topological polar surface area (TPSA) is 79.5 Å². The number of carbonyl (C=O) groups excluding carboxylic acids is 2. The Balaban J connectivity index is 1.78. The molecule has 0 unspecified atom stereocenters. The lowest BCUT2D eigenvalue weighted by molar-refractivity contribution is -0.136. The van der Waals surface area contributed by atoms with Crippen molar-refractivity contribution in [2.75, 3.05) is 38.7 Å². The number of piperidine rings is 1. The normalized spacial score (nSPS) is 16.6. The van der Waals surface area contributed by atoms with Gasteiger partial charge in [-0.1, -0.05) is 18.2 Å². The molecule has 23 heavy (non-hydrogen) atoms. The lowest BCUT2D eigenvalue weighted by Gasteiger charge is -2.35. The molecule has 6 nitrogen and oxygen atoms in total. The highest BCUT2D eigenvalue weighted by molar-refractivity contribution is 5.91. The fourth-order valence-electron chi connectivity index (χ4n) is 2.84. The van der Waals surface area contributed by atoms with Crippen LogP contribution in [0.5, 0.6) is 0 Å². The van der Waals surface area contributed by atoms with Gasteiger partial charge < -0.3 is 20.7 Å². The van der Waals surface area contributed by atoms with Gasteiger partial charge in [0.15, 0.2) is 0 Å². The van der Waals surface area contributed by atoms with Crippen molar-refractivity contribution in [3.8, 4) is 0 Å². The molecule has 1 heterocycles. The first-order chi connectivity index (χ1) is 11.2. The molecule has 1 aliphatic heterocycles. The number of hydrogen-bond donors (Lipinski definition) is 3. The lowest BCUT2D eigenvalue weighted by Crippen LogP contribution is -2.50. The second kappa shape index (κ2) is 8.64. The number of methoxy groups -OCH3 is 1. The van der Waals surface area contributed by atoms with Crippen LogP contribution >= 0.6 is 0 Å². The molecule has 1 aromatic carbocycles. The molecule has 1 aliphatic rings. The van der Waals surface area contributed by atoms with Gasteiger partial charge in [-0.15, -0.1) is 0 Å². The summed E-state index contributed by atoms with van der Waals surface area (Å²) in [5.74, 6) is -0.129. The van der Waals surface area contributed by atoms with Gasteiger partial charge in [0.2, 0.25) is 11.8 Å². The molecule has 6 heteroatoms. The van der Waals surface area contributed by atoms with Gasteiger partial charge in [0.1, 0.15) is 0 Å². The Morgan fingerprint density at radius 1 is 1.22 bits per heavy atom. The average Bonchev–Trinajstić information content (AvgIpc) is 2.57. The van der Waals surface area contributed by atoms with Crippen molar-refractivity contribution in [1.29, 1.82) is 0 Å². The molecule has 1 fully saturated rings. The minimum atomic E-state index is -0.476. The van der Waals surface area contributed by atoms with Crippen LogP contribution in [0.15, 0.2) is 30.3 Å². The minimum Gasteiger partial charge on any atom is -0.384 e. The molecule has 0 aromatic heterocycles. The molecule has 0 spiro atoms. The molecule has 1 aromatic rings. The fraction of sp³-hybridized carbons (Fsp3) is 0.529. The smallest absolute Gasteiger partial charge is 0.228 e. The second-order valence-corrected chi connectivity index (χ2v) is 5.88. The second-order valence-electron chi connectivity index (χ2n) is 5.88. The molecule has 0 saturated carbocycles. The summed E-state index contributed by atoms with van der Waals surface area (Å²) in [4.78, 5) is 24.4. The quantitative estimate of drug-likeness (QED) is 0.704. The number of nitrogens with one attached hydrogen (secondary N) is 3. The van der Waals surface area contributed by atoms with Crippen molar-refractivity contribution >= 4 is 17.5 Å². The van der Waals surface area contributed by atoms with E-state index in [4.69, 9.17) is 4.74 Å². The van der Waals surface area contributed by atoms with Crippen LogP contribution in [0.4, 0.5) is 5.69 Å². The number of benzene rings is 1. The molecule has 3 N–H and O–H groups in total. The van der Waals surface area contributed by atoms with E-state index in [0.717, 1.165) is 31.6 Å². The molecule has 0 atom stereocenters. The Labute approximate surface area is 137 Å². The van der Waals surface area contributed by atoms with E-state index in [-0.39, 0.29) is 18.2 Å². The van der Waals surface area contributed by atoms with Crippen LogP contribution in [-0.2, 0) is 14.3 Å². The van der Waals surface area contributed by atoms with Crippen molar-refractivity contribution in [3.63, 3.8) is 0 Å². The van der Waals surface area contributed by atoms with Gasteiger partial charge in [-0.05, 0) is 38.1 Å². The average molecular weight is 319 g/mol. The molecular formula is C17H25N3O3. The highest BCUT2D eigenvalue weighted by atomic mass is 16.5. The third kappa shape index (κ3) is 5.04. The van der Waals surface area contributed by atoms with Gasteiger partial charge in [-0.25, -0.2) is 0 Å². The van der Waals surface area contributed by atoms with E-state index in [0.29, 0.717) is 13.2 Å². The zero-order valence-corrected chi connectivity index (χ0v) is 13.6. The SMILES string of the molecule is COCC1(C(=O)NCCC(=O)Nc2ccccc2)CCNCC1. The summed E-state index contributed by atoms with van der Waals surface area (Å²) in [6, 6.07) is 9.29. The Morgan fingerprint density at radius 2 is 1.91 bits per heavy atom. The lowest BCUT2D eigenvalue weighted by atomic mass is 9.78. The molecule has 0 bridgehead atoms. The molecule has 2 rings (SSSR count). The van der Waals surface area contributed by atoms with E-state index < -0.39 is 5.41 Å². The van der Waals surface area contributed by atoms with Gasteiger partial charge in [-0.3, -0.25) is 9.59 Å². The summed E-state index contributed by atoms with van der Waals surface area (Å²) in [7, 11) is 1.62. The van der Waals surface area contributed by atoms with Crippen LogP contribution in [0.2, 0.25) is 0 Å². The van der Waals surface area contributed by atoms with E-state index in [9.17, 15) is 9.59 Å². The van der Waals surface area contributed by atoms with Crippen molar-refractivity contribution < 1.29 is 14.3 Å². The summed E-state index contributed by atoms with van der Waals surface area (Å²) in [6.45, 7) is 2.36.